The number of rotatable bonds is 2. The van der Waals surface area contributed by atoms with Gasteiger partial charge >= 0.3 is 5.69 Å². The highest BCUT2D eigenvalue weighted by atomic mass is 16.6. The Morgan fingerprint density at radius 2 is 1.90 bits per heavy atom. The lowest BCUT2D eigenvalue weighted by Gasteiger charge is -2.53. The summed E-state index contributed by atoms with van der Waals surface area (Å²) < 4.78 is 6.57. The smallest absolute Gasteiger partial charge is 0.318 e. The Labute approximate surface area is 166 Å². The summed E-state index contributed by atoms with van der Waals surface area (Å²) in [6, 6.07) is 10.4. The maximum absolute atomic E-state index is 11.7. The van der Waals surface area contributed by atoms with E-state index in [1.165, 1.54) is 6.07 Å². The van der Waals surface area contributed by atoms with E-state index >= 15 is 0 Å². The molecule has 1 fully saturated rings. The minimum Gasteiger partial charge on any atom is -0.455 e. The minimum atomic E-state index is -0.886. The number of nitro groups is 2. The summed E-state index contributed by atoms with van der Waals surface area (Å²) in [5, 5.41) is 23.0. The average molecular weight is 393 g/mol. The lowest BCUT2D eigenvalue weighted by molar-refractivity contribution is -0.395. The zero-order valence-corrected chi connectivity index (χ0v) is 16.0. The van der Waals surface area contributed by atoms with Gasteiger partial charge in [-0.05, 0) is 49.5 Å². The van der Waals surface area contributed by atoms with Gasteiger partial charge in [-0.15, -0.1) is 0 Å². The van der Waals surface area contributed by atoms with Crippen LogP contribution in [0.15, 0.2) is 42.0 Å². The molecule has 0 N–H and O–H groups in total. The van der Waals surface area contributed by atoms with Gasteiger partial charge in [0.15, 0.2) is 0 Å². The molecule has 2 aromatic rings. The quantitative estimate of drug-likeness (QED) is 0.548. The van der Waals surface area contributed by atoms with Crippen LogP contribution in [0.25, 0.3) is 6.08 Å². The van der Waals surface area contributed by atoms with Crippen molar-refractivity contribution in [2.24, 2.45) is 0 Å². The van der Waals surface area contributed by atoms with E-state index in [1.807, 2.05) is 31.3 Å². The molecule has 0 bridgehead atoms. The van der Waals surface area contributed by atoms with Gasteiger partial charge in [0, 0.05) is 24.4 Å². The molecule has 29 heavy (non-hydrogen) atoms. The van der Waals surface area contributed by atoms with Gasteiger partial charge in [0.2, 0.25) is 11.5 Å². The Hall–Kier alpha value is -3.42. The van der Waals surface area contributed by atoms with Gasteiger partial charge < -0.3 is 9.64 Å². The van der Waals surface area contributed by atoms with Crippen molar-refractivity contribution in [3.63, 3.8) is 0 Å². The first-order valence-corrected chi connectivity index (χ1v) is 9.50. The minimum absolute atomic E-state index is 0.0946. The molecule has 0 radical (unpaired) electrons. The molecule has 0 aromatic heterocycles. The molecule has 8 heteroatoms. The molecule has 2 atom stereocenters. The molecule has 2 aromatic carbocycles. The first-order valence-electron chi connectivity index (χ1n) is 9.50. The number of benzene rings is 2. The maximum atomic E-state index is 11.7. The van der Waals surface area contributed by atoms with Crippen LogP contribution >= 0.6 is 0 Å². The van der Waals surface area contributed by atoms with Crippen LogP contribution in [0, 0.1) is 20.2 Å². The van der Waals surface area contributed by atoms with Crippen LogP contribution in [0.4, 0.5) is 17.1 Å². The molecule has 0 amide bonds. The molecule has 2 aliphatic heterocycles. The van der Waals surface area contributed by atoms with E-state index in [-0.39, 0.29) is 17.1 Å². The molecular formula is C21H19N3O5. The van der Waals surface area contributed by atoms with E-state index in [4.69, 9.17) is 4.74 Å². The van der Waals surface area contributed by atoms with Crippen molar-refractivity contribution < 1.29 is 14.6 Å². The van der Waals surface area contributed by atoms with Gasteiger partial charge in [-0.3, -0.25) is 20.2 Å². The van der Waals surface area contributed by atoms with Crippen LogP contribution in [0.2, 0.25) is 0 Å². The average Bonchev–Trinajstić information content (AvgIpc) is 2.89. The Morgan fingerprint density at radius 1 is 1.14 bits per heavy atom. The standard InChI is InChI=1S/C21H19N3O5/c1-20-9-5-6-14-10-13-11-15(23(25)26)12-18(24(27)28)19(13)29-21(14,20)22(2)17-8-4-3-7-16(17)20/h3-4,7-8,10-12H,5-6,9H2,1-2H3/t20-,21-/m1/s1. The zero-order chi connectivity index (χ0) is 20.6. The van der Waals surface area contributed by atoms with Gasteiger partial charge in [-0.1, -0.05) is 18.2 Å². The number of nitrogens with zero attached hydrogens (tertiary/aromatic N) is 3. The third-order valence-electron chi connectivity index (χ3n) is 6.71. The molecule has 2 heterocycles. The van der Waals surface area contributed by atoms with Gasteiger partial charge in [0.1, 0.15) is 0 Å². The Kier molecular flexibility index (Phi) is 3.39. The second-order valence-corrected chi connectivity index (χ2v) is 8.07. The number of non-ortho nitro benzene ring substituents is 1. The molecule has 8 nitrogen and oxygen atoms in total. The number of nitro benzene ring substituents is 2. The molecule has 0 unspecified atom stereocenters. The largest absolute Gasteiger partial charge is 0.455 e. The van der Waals surface area contributed by atoms with Crippen LogP contribution in [0.1, 0.15) is 37.3 Å². The number of anilines is 1. The van der Waals surface area contributed by atoms with Crippen molar-refractivity contribution in [2.45, 2.75) is 37.3 Å². The summed E-state index contributed by atoms with van der Waals surface area (Å²) in [5.41, 5.74) is 1.60. The van der Waals surface area contributed by atoms with Crippen molar-refractivity contribution in [1.29, 1.82) is 0 Å². The molecule has 1 saturated carbocycles. The molecule has 3 aliphatic rings. The highest BCUT2D eigenvalue weighted by molar-refractivity contribution is 5.79. The third-order valence-corrected chi connectivity index (χ3v) is 6.71. The summed E-state index contributed by atoms with van der Waals surface area (Å²) in [6.45, 7) is 2.14. The number of hydrogen-bond acceptors (Lipinski definition) is 6. The van der Waals surface area contributed by atoms with Crippen molar-refractivity contribution in [2.75, 3.05) is 11.9 Å². The number of fused-ring (bicyclic) bond motifs is 3. The van der Waals surface area contributed by atoms with Crippen molar-refractivity contribution in [3.05, 3.63) is 73.3 Å². The van der Waals surface area contributed by atoms with E-state index in [0.29, 0.717) is 5.56 Å². The fourth-order valence-electron chi connectivity index (χ4n) is 5.46. The normalized spacial score (nSPS) is 26.4. The monoisotopic (exact) mass is 393 g/mol. The topological polar surface area (TPSA) is 98.8 Å². The molecule has 1 spiro atoms. The fraction of sp³-hybridized carbons (Fsp3) is 0.333. The van der Waals surface area contributed by atoms with Crippen LogP contribution in [-0.4, -0.2) is 22.6 Å². The summed E-state index contributed by atoms with van der Waals surface area (Å²) in [7, 11) is 1.95. The summed E-state index contributed by atoms with van der Waals surface area (Å²) in [5.74, 6) is 0.0946. The summed E-state index contributed by atoms with van der Waals surface area (Å²) in [4.78, 5) is 23.9. The zero-order valence-electron chi connectivity index (χ0n) is 16.0. The number of hydrogen-bond donors (Lipinski definition) is 0. The second kappa shape index (κ2) is 5.56. The maximum Gasteiger partial charge on any atom is 0.318 e. The Morgan fingerprint density at radius 3 is 2.62 bits per heavy atom. The van der Waals surface area contributed by atoms with Crippen molar-refractivity contribution >= 4 is 23.1 Å². The SMILES string of the molecule is CN1c2ccccc2[C@@]2(C)CCCC3=Cc4cc([N+](=O)[O-])cc([N+](=O)[O-])c4O[C@@]312. The lowest BCUT2D eigenvalue weighted by atomic mass is 9.64. The first-order chi connectivity index (χ1) is 13.8. The van der Waals surface area contributed by atoms with E-state index in [9.17, 15) is 20.2 Å². The van der Waals surface area contributed by atoms with Crippen LogP contribution < -0.4 is 9.64 Å². The van der Waals surface area contributed by atoms with Crippen molar-refractivity contribution in [3.8, 4) is 5.75 Å². The Balaban J connectivity index is 1.79. The lowest BCUT2D eigenvalue weighted by Crippen LogP contribution is -2.63. The second-order valence-electron chi connectivity index (χ2n) is 8.07. The molecule has 0 saturated heterocycles. The number of para-hydroxylation sites is 1. The Bertz CT molecular complexity index is 1130. The molecule has 148 valence electrons. The molecular weight excluding hydrogens is 374 g/mol. The van der Waals surface area contributed by atoms with Gasteiger partial charge in [-0.25, -0.2) is 0 Å². The summed E-state index contributed by atoms with van der Waals surface area (Å²) >= 11 is 0. The number of ether oxygens (including phenoxy) is 1. The van der Waals surface area contributed by atoms with Crippen LogP contribution in [0.5, 0.6) is 5.75 Å². The van der Waals surface area contributed by atoms with Gasteiger partial charge in [0.25, 0.3) is 5.69 Å². The van der Waals surface area contributed by atoms with E-state index in [0.717, 1.165) is 42.2 Å². The summed E-state index contributed by atoms with van der Waals surface area (Å²) in [6.07, 6.45) is 4.45. The first kappa shape index (κ1) is 17.7. The highest BCUT2D eigenvalue weighted by Gasteiger charge is 2.65. The predicted molar refractivity (Wildman–Crippen MR) is 107 cm³/mol. The van der Waals surface area contributed by atoms with E-state index < -0.39 is 21.0 Å². The van der Waals surface area contributed by atoms with Crippen molar-refractivity contribution in [1.82, 2.24) is 0 Å². The van der Waals surface area contributed by atoms with E-state index in [1.54, 1.807) is 0 Å². The molecule has 5 rings (SSSR count). The van der Waals surface area contributed by atoms with Gasteiger partial charge in [0.05, 0.1) is 21.3 Å². The fourth-order valence-corrected chi connectivity index (χ4v) is 5.46. The number of likely N-dealkylation sites (N-methyl/N-ethyl adjacent to an activating group) is 1. The highest BCUT2D eigenvalue weighted by Crippen LogP contribution is 2.62. The van der Waals surface area contributed by atoms with Gasteiger partial charge in [-0.2, -0.15) is 0 Å². The van der Waals surface area contributed by atoms with Crippen LogP contribution in [-0.2, 0) is 5.41 Å². The third kappa shape index (κ3) is 2.03. The predicted octanol–water partition coefficient (Wildman–Crippen LogP) is 4.57. The van der Waals surface area contributed by atoms with Crippen LogP contribution in [0.3, 0.4) is 0 Å². The van der Waals surface area contributed by atoms with E-state index in [2.05, 4.69) is 17.9 Å². The molecule has 1 aliphatic carbocycles.